The predicted octanol–water partition coefficient (Wildman–Crippen LogP) is 2.89. The van der Waals surface area contributed by atoms with E-state index in [4.69, 9.17) is 14.6 Å². The van der Waals surface area contributed by atoms with E-state index < -0.39 is 34.9 Å². The van der Waals surface area contributed by atoms with Crippen molar-refractivity contribution in [3.05, 3.63) is 64.7 Å². The number of hydrogen-bond donors (Lipinski definition) is 2. The number of halogens is 2. The second-order valence-electron chi connectivity index (χ2n) is 8.46. The minimum atomic E-state index is -0.956. The van der Waals surface area contributed by atoms with Crippen LogP contribution in [0, 0.1) is 17.6 Å². The van der Waals surface area contributed by atoms with E-state index in [0.717, 1.165) is 41.9 Å². The number of amides is 1. The Balaban J connectivity index is 1.56. The summed E-state index contributed by atoms with van der Waals surface area (Å²) in [7, 11) is 0. The zero-order valence-corrected chi connectivity index (χ0v) is 19.5. The lowest BCUT2D eigenvalue weighted by atomic mass is 9.92. The molecule has 3 aromatic rings. The number of nitrogens with zero attached hydrogens (tertiary/aromatic N) is 4. The van der Waals surface area contributed by atoms with Crippen molar-refractivity contribution in [1.29, 1.82) is 0 Å². The molecule has 10 nitrogen and oxygen atoms in total. The third kappa shape index (κ3) is 6.32. The smallest absolute Gasteiger partial charge is 0.271 e. The summed E-state index contributed by atoms with van der Waals surface area (Å²) in [6.07, 6.45) is 5.16. The molecule has 12 heteroatoms. The highest BCUT2D eigenvalue weighted by atomic mass is 19.1. The molecule has 0 bridgehead atoms. The van der Waals surface area contributed by atoms with E-state index in [1.54, 1.807) is 16.9 Å². The number of carbonyl (C=O) groups excluding carboxylic acids is 1. The molecule has 36 heavy (non-hydrogen) atoms. The number of para-hydroxylation sites is 1. The number of benzene rings is 1. The van der Waals surface area contributed by atoms with E-state index in [0.29, 0.717) is 38.4 Å². The van der Waals surface area contributed by atoms with Crippen LogP contribution >= 0.6 is 0 Å². The molecule has 2 N–H and O–H groups in total. The van der Waals surface area contributed by atoms with Gasteiger partial charge in [0.15, 0.2) is 29.0 Å². The van der Waals surface area contributed by atoms with Crippen molar-refractivity contribution in [3.63, 3.8) is 0 Å². The lowest BCUT2D eigenvalue weighted by Gasteiger charge is -2.26. The number of nitrogens with one attached hydrogen (secondary N) is 1. The van der Waals surface area contributed by atoms with Crippen LogP contribution in [-0.2, 0) is 16.1 Å². The standard InChI is InChI=1S/C24H27F2N5O5/c25-18-3-1-4-19(26)23(18)36-17-14-22(33)31(27-15-17)20(13-16-6-11-35-12-7-16)24(34)28-21-5-9-30(29-21)8-2-10-32/h1,3-5,9,14-16,20,32H,2,6-8,10-13H2,(H,28,29,34)/t20-/m1/s1. The highest BCUT2D eigenvalue weighted by Crippen LogP contribution is 2.28. The molecule has 1 saturated heterocycles. The third-order valence-electron chi connectivity index (χ3n) is 5.87. The molecule has 0 aliphatic carbocycles. The second kappa shape index (κ2) is 11.9. The lowest BCUT2D eigenvalue weighted by molar-refractivity contribution is -0.120. The summed E-state index contributed by atoms with van der Waals surface area (Å²) in [5, 5.41) is 20.1. The van der Waals surface area contributed by atoms with Crippen molar-refractivity contribution in [2.75, 3.05) is 25.1 Å². The fourth-order valence-corrected chi connectivity index (χ4v) is 4.00. The molecule has 192 valence electrons. The first kappa shape index (κ1) is 25.5. The predicted molar refractivity (Wildman–Crippen MR) is 125 cm³/mol. The van der Waals surface area contributed by atoms with Crippen molar-refractivity contribution in [2.24, 2.45) is 5.92 Å². The number of rotatable bonds is 10. The molecule has 1 aliphatic rings. The Labute approximate surface area is 205 Å². The van der Waals surface area contributed by atoms with Gasteiger partial charge in [-0.25, -0.2) is 13.5 Å². The molecule has 2 aromatic heterocycles. The Hall–Kier alpha value is -3.64. The van der Waals surface area contributed by atoms with Gasteiger partial charge in [-0.15, -0.1) is 0 Å². The molecule has 0 saturated carbocycles. The minimum Gasteiger partial charge on any atom is -0.449 e. The van der Waals surface area contributed by atoms with Crippen molar-refractivity contribution >= 4 is 11.7 Å². The van der Waals surface area contributed by atoms with Gasteiger partial charge in [-0.3, -0.25) is 14.3 Å². The van der Waals surface area contributed by atoms with Gasteiger partial charge in [-0.2, -0.15) is 10.2 Å². The number of ether oxygens (including phenoxy) is 2. The number of aryl methyl sites for hydroxylation is 1. The molecular weight excluding hydrogens is 476 g/mol. The number of carbonyl (C=O) groups is 1. The number of anilines is 1. The normalized spacial score (nSPS) is 15.0. The Morgan fingerprint density at radius 3 is 2.69 bits per heavy atom. The molecule has 0 radical (unpaired) electrons. The van der Waals surface area contributed by atoms with Crippen LogP contribution in [0.25, 0.3) is 0 Å². The summed E-state index contributed by atoms with van der Waals surface area (Å²) >= 11 is 0. The van der Waals surface area contributed by atoms with Crippen LogP contribution in [0.2, 0.25) is 0 Å². The van der Waals surface area contributed by atoms with Crippen molar-refractivity contribution < 1.29 is 28.2 Å². The highest BCUT2D eigenvalue weighted by molar-refractivity contribution is 5.92. The van der Waals surface area contributed by atoms with Crippen LogP contribution in [-0.4, -0.2) is 50.4 Å². The monoisotopic (exact) mass is 503 g/mol. The van der Waals surface area contributed by atoms with Crippen LogP contribution in [0.4, 0.5) is 14.6 Å². The Bertz CT molecular complexity index is 1220. The topological polar surface area (TPSA) is 120 Å². The van der Waals surface area contributed by atoms with Crippen molar-refractivity contribution in [2.45, 2.75) is 38.3 Å². The Kier molecular flexibility index (Phi) is 8.39. The van der Waals surface area contributed by atoms with Gasteiger partial charge in [-0.1, -0.05) is 6.07 Å². The maximum absolute atomic E-state index is 13.9. The Morgan fingerprint density at radius 2 is 2.00 bits per heavy atom. The quantitative estimate of drug-likeness (QED) is 0.437. The van der Waals surface area contributed by atoms with E-state index >= 15 is 0 Å². The number of aromatic nitrogens is 4. The number of aliphatic hydroxyl groups excluding tert-OH is 1. The van der Waals surface area contributed by atoms with Crippen molar-refractivity contribution in [1.82, 2.24) is 19.6 Å². The molecule has 1 fully saturated rings. The average molecular weight is 504 g/mol. The first-order valence-electron chi connectivity index (χ1n) is 11.7. The zero-order valence-electron chi connectivity index (χ0n) is 19.5. The van der Waals surface area contributed by atoms with E-state index in [2.05, 4.69) is 15.5 Å². The van der Waals surface area contributed by atoms with Gasteiger partial charge >= 0.3 is 0 Å². The van der Waals surface area contributed by atoms with Crippen LogP contribution < -0.4 is 15.6 Å². The van der Waals surface area contributed by atoms with E-state index in [9.17, 15) is 18.4 Å². The van der Waals surface area contributed by atoms with Gasteiger partial charge in [0.05, 0.1) is 6.20 Å². The van der Waals surface area contributed by atoms with Gasteiger partial charge < -0.3 is 19.9 Å². The van der Waals surface area contributed by atoms with Crippen LogP contribution in [0.15, 0.2) is 47.5 Å². The molecule has 0 spiro atoms. The maximum atomic E-state index is 13.9. The zero-order chi connectivity index (χ0) is 25.5. The molecule has 1 aromatic carbocycles. The average Bonchev–Trinajstić information content (AvgIpc) is 3.31. The first-order chi connectivity index (χ1) is 17.4. The largest absolute Gasteiger partial charge is 0.449 e. The van der Waals surface area contributed by atoms with E-state index in [1.807, 2.05) is 0 Å². The van der Waals surface area contributed by atoms with Crippen molar-refractivity contribution in [3.8, 4) is 11.5 Å². The van der Waals surface area contributed by atoms with Gasteiger partial charge in [0.25, 0.3) is 11.5 Å². The number of hydrogen-bond acceptors (Lipinski definition) is 7. The summed E-state index contributed by atoms with van der Waals surface area (Å²) in [4.78, 5) is 26.2. The van der Waals surface area contributed by atoms with Gasteiger partial charge in [0, 0.05) is 44.7 Å². The van der Waals surface area contributed by atoms with Crippen LogP contribution in [0.3, 0.4) is 0 Å². The molecule has 1 aliphatic heterocycles. The van der Waals surface area contributed by atoms with Gasteiger partial charge in [0.1, 0.15) is 6.04 Å². The molecule has 0 unspecified atom stereocenters. The third-order valence-corrected chi connectivity index (χ3v) is 5.87. The summed E-state index contributed by atoms with van der Waals surface area (Å²) in [6.45, 7) is 1.64. The molecule has 4 rings (SSSR count). The fraction of sp³-hybridized carbons (Fsp3) is 0.417. The first-order valence-corrected chi connectivity index (χ1v) is 11.7. The van der Waals surface area contributed by atoms with Crippen LogP contribution in [0.5, 0.6) is 11.5 Å². The molecular formula is C24H27F2N5O5. The number of aliphatic hydroxyl groups is 1. The fourth-order valence-electron chi connectivity index (χ4n) is 4.00. The SMILES string of the molecule is O=C(Nc1ccn(CCCO)n1)[C@@H](CC1CCOCC1)n1ncc(Oc2c(F)cccc2F)cc1=O. The highest BCUT2D eigenvalue weighted by Gasteiger charge is 2.28. The van der Waals surface area contributed by atoms with E-state index in [1.165, 1.54) is 6.07 Å². The summed E-state index contributed by atoms with van der Waals surface area (Å²) in [5.74, 6) is -2.69. The Morgan fingerprint density at radius 1 is 1.25 bits per heavy atom. The van der Waals surface area contributed by atoms with Gasteiger partial charge in [0.2, 0.25) is 0 Å². The van der Waals surface area contributed by atoms with Gasteiger partial charge in [-0.05, 0) is 43.7 Å². The molecule has 1 amide bonds. The molecule has 1 atom stereocenters. The maximum Gasteiger partial charge on any atom is 0.271 e. The van der Waals surface area contributed by atoms with E-state index in [-0.39, 0.29) is 18.3 Å². The second-order valence-corrected chi connectivity index (χ2v) is 8.46. The lowest BCUT2D eigenvalue weighted by Crippen LogP contribution is -2.36. The summed E-state index contributed by atoms with van der Waals surface area (Å²) in [6, 6.07) is 4.97. The minimum absolute atomic E-state index is 0.0204. The van der Waals surface area contributed by atoms with Crippen LogP contribution in [0.1, 0.15) is 31.7 Å². The summed E-state index contributed by atoms with van der Waals surface area (Å²) in [5.41, 5.74) is -0.662. The summed E-state index contributed by atoms with van der Waals surface area (Å²) < 4.78 is 41.1. The molecule has 3 heterocycles.